The first kappa shape index (κ1) is 17.4. The van der Waals surface area contributed by atoms with Crippen LogP contribution in [-0.4, -0.2) is 20.4 Å². The van der Waals surface area contributed by atoms with E-state index >= 15 is 0 Å². The summed E-state index contributed by atoms with van der Waals surface area (Å²) in [6.45, 7) is 6.46. The zero-order chi connectivity index (χ0) is 17.8. The highest BCUT2D eigenvalue weighted by molar-refractivity contribution is 7.13. The summed E-state index contributed by atoms with van der Waals surface area (Å²) < 4.78 is 1.93. The second-order valence-corrected chi connectivity index (χ2v) is 7.11. The van der Waals surface area contributed by atoms with Gasteiger partial charge < -0.3 is 9.88 Å². The van der Waals surface area contributed by atoms with Crippen molar-refractivity contribution in [2.24, 2.45) is 0 Å². The minimum atomic E-state index is -0.299. The van der Waals surface area contributed by atoms with E-state index in [-0.39, 0.29) is 17.9 Å². The van der Waals surface area contributed by atoms with Crippen molar-refractivity contribution in [3.8, 4) is 10.6 Å². The molecule has 3 rings (SSSR count). The second-order valence-electron chi connectivity index (χ2n) is 6.25. The first-order valence-electron chi connectivity index (χ1n) is 8.36. The van der Waals surface area contributed by atoms with Crippen molar-refractivity contribution in [2.45, 2.75) is 39.3 Å². The number of carbonyl (C=O) groups excluding carboxylic acids is 1. The molecule has 1 unspecified atom stereocenters. The molecule has 1 atom stereocenters. The van der Waals surface area contributed by atoms with Gasteiger partial charge in [0.1, 0.15) is 16.9 Å². The SMILES string of the molecule is CC(C)c1nccn1C(C)C(=O)NCc1csc(-c2ccccc2)n1. The lowest BCUT2D eigenvalue weighted by Crippen LogP contribution is -2.31. The van der Waals surface area contributed by atoms with Crippen LogP contribution in [-0.2, 0) is 11.3 Å². The maximum atomic E-state index is 12.5. The molecule has 5 nitrogen and oxygen atoms in total. The van der Waals surface area contributed by atoms with Crippen LogP contribution in [0.5, 0.6) is 0 Å². The van der Waals surface area contributed by atoms with Gasteiger partial charge in [-0.25, -0.2) is 9.97 Å². The number of carbonyl (C=O) groups is 1. The number of thiazole rings is 1. The largest absolute Gasteiger partial charge is 0.349 e. The van der Waals surface area contributed by atoms with Gasteiger partial charge in [-0.3, -0.25) is 4.79 Å². The molecule has 2 aromatic heterocycles. The van der Waals surface area contributed by atoms with E-state index in [1.54, 1.807) is 17.5 Å². The smallest absolute Gasteiger partial charge is 0.243 e. The highest BCUT2D eigenvalue weighted by Gasteiger charge is 2.19. The molecule has 0 saturated heterocycles. The Bertz CT molecular complexity index is 838. The molecule has 0 saturated carbocycles. The molecule has 0 aliphatic rings. The number of imidazole rings is 1. The lowest BCUT2D eigenvalue weighted by Gasteiger charge is -2.17. The molecule has 1 aromatic carbocycles. The minimum absolute atomic E-state index is 0.0332. The molecule has 0 fully saturated rings. The molecule has 0 bridgehead atoms. The van der Waals surface area contributed by atoms with Gasteiger partial charge in [-0.15, -0.1) is 11.3 Å². The monoisotopic (exact) mass is 354 g/mol. The van der Waals surface area contributed by atoms with E-state index in [0.29, 0.717) is 6.54 Å². The Labute approximate surface area is 151 Å². The van der Waals surface area contributed by atoms with E-state index in [9.17, 15) is 4.79 Å². The maximum Gasteiger partial charge on any atom is 0.243 e. The van der Waals surface area contributed by atoms with Crippen LogP contribution in [0.4, 0.5) is 0 Å². The average Bonchev–Trinajstić information content (AvgIpc) is 3.29. The van der Waals surface area contributed by atoms with E-state index in [2.05, 4.69) is 29.1 Å². The number of nitrogens with zero attached hydrogens (tertiary/aromatic N) is 3. The van der Waals surface area contributed by atoms with Crippen molar-refractivity contribution in [2.75, 3.05) is 0 Å². The van der Waals surface area contributed by atoms with Crippen LogP contribution in [0.3, 0.4) is 0 Å². The predicted octanol–water partition coefficient (Wildman–Crippen LogP) is 4.01. The Kier molecular flexibility index (Phi) is 5.28. The fourth-order valence-electron chi connectivity index (χ4n) is 2.65. The van der Waals surface area contributed by atoms with E-state index in [1.165, 1.54) is 0 Å². The molecule has 0 radical (unpaired) electrons. The molecule has 0 spiro atoms. The molecule has 1 N–H and O–H groups in total. The van der Waals surface area contributed by atoms with Gasteiger partial charge in [0.05, 0.1) is 12.2 Å². The molecular weight excluding hydrogens is 332 g/mol. The van der Waals surface area contributed by atoms with Crippen molar-refractivity contribution in [3.63, 3.8) is 0 Å². The van der Waals surface area contributed by atoms with Crippen molar-refractivity contribution in [1.82, 2.24) is 19.9 Å². The number of benzene rings is 1. The van der Waals surface area contributed by atoms with Crippen LogP contribution in [0.1, 0.15) is 44.2 Å². The number of hydrogen-bond donors (Lipinski definition) is 1. The van der Waals surface area contributed by atoms with Crippen molar-refractivity contribution >= 4 is 17.2 Å². The third-order valence-electron chi connectivity index (χ3n) is 4.03. The van der Waals surface area contributed by atoms with Crippen LogP contribution in [0.25, 0.3) is 10.6 Å². The van der Waals surface area contributed by atoms with Crippen LogP contribution in [0, 0.1) is 0 Å². The van der Waals surface area contributed by atoms with Gasteiger partial charge in [-0.2, -0.15) is 0 Å². The molecule has 3 aromatic rings. The normalized spacial score (nSPS) is 12.3. The van der Waals surface area contributed by atoms with Crippen LogP contribution >= 0.6 is 11.3 Å². The third-order valence-corrected chi connectivity index (χ3v) is 4.97. The molecule has 0 aliphatic heterocycles. The molecule has 2 heterocycles. The minimum Gasteiger partial charge on any atom is -0.349 e. The molecule has 25 heavy (non-hydrogen) atoms. The van der Waals surface area contributed by atoms with Gasteiger partial charge in [-0.05, 0) is 6.92 Å². The van der Waals surface area contributed by atoms with Crippen LogP contribution in [0.15, 0.2) is 48.1 Å². The highest BCUT2D eigenvalue weighted by Crippen LogP contribution is 2.23. The summed E-state index contributed by atoms with van der Waals surface area (Å²) in [5.41, 5.74) is 1.97. The van der Waals surface area contributed by atoms with Crippen molar-refractivity contribution in [1.29, 1.82) is 0 Å². The predicted molar refractivity (Wildman–Crippen MR) is 100 cm³/mol. The Hall–Kier alpha value is -2.47. The standard InChI is InChI=1S/C19H22N4OS/c1-13(2)17-20-9-10-23(17)14(3)18(24)21-11-16-12-25-19(22-16)15-7-5-4-6-8-15/h4-10,12-14H,11H2,1-3H3,(H,21,24). The molecule has 130 valence electrons. The zero-order valence-corrected chi connectivity index (χ0v) is 15.5. The Morgan fingerprint density at radius 2 is 2.00 bits per heavy atom. The average molecular weight is 354 g/mol. The molecular formula is C19H22N4OS. The lowest BCUT2D eigenvalue weighted by atomic mass is 10.2. The molecule has 0 aliphatic carbocycles. The lowest BCUT2D eigenvalue weighted by molar-refractivity contribution is -0.124. The zero-order valence-electron chi connectivity index (χ0n) is 14.6. The third kappa shape index (κ3) is 3.96. The van der Waals surface area contributed by atoms with Gasteiger partial charge in [-0.1, -0.05) is 44.2 Å². The summed E-state index contributed by atoms with van der Waals surface area (Å²) in [5, 5.41) is 5.93. The first-order chi connectivity index (χ1) is 12.1. The number of amides is 1. The first-order valence-corrected chi connectivity index (χ1v) is 9.24. The Balaban J connectivity index is 1.63. The summed E-state index contributed by atoms with van der Waals surface area (Å²) in [5.74, 6) is 1.16. The Morgan fingerprint density at radius 3 is 2.72 bits per heavy atom. The van der Waals surface area contributed by atoms with E-state index in [0.717, 1.165) is 22.1 Å². The molecule has 6 heteroatoms. The van der Waals surface area contributed by atoms with E-state index < -0.39 is 0 Å². The summed E-state index contributed by atoms with van der Waals surface area (Å²) in [6, 6.07) is 9.76. The van der Waals surface area contributed by atoms with Gasteiger partial charge in [0, 0.05) is 29.3 Å². The summed E-state index contributed by atoms with van der Waals surface area (Å²) in [6.07, 6.45) is 3.60. The van der Waals surface area contributed by atoms with Gasteiger partial charge in [0.15, 0.2) is 0 Å². The van der Waals surface area contributed by atoms with Gasteiger partial charge >= 0.3 is 0 Å². The molecule has 1 amide bonds. The highest BCUT2D eigenvalue weighted by atomic mass is 32.1. The summed E-state index contributed by atoms with van der Waals surface area (Å²) in [7, 11) is 0. The van der Waals surface area contributed by atoms with Gasteiger partial charge in [0.2, 0.25) is 5.91 Å². The fraction of sp³-hybridized carbons (Fsp3) is 0.316. The topological polar surface area (TPSA) is 59.8 Å². The number of rotatable bonds is 6. The van der Waals surface area contributed by atoms with Crippen LogP contribution in [0.2, 0.25) is 0 Å². The van der Waals surface area contributed by atoms with Crippen LogP contribution < -0.4 is 5.32 Å². The number of aromatic nitrogens is 3. The summed E-state index contributed by atoms with van der Waals surface area (Å²) >= 11 is 1.59. The number of nitrogens with one attached hydrogen (secondary N) is 1. The number of hydrogen-bond acceptors (Lipinski definition) is 4. The second kappa shape index (κ2) is 7.61. The van der Waals surface area contributed by atoms with E-state index in [1.807, 2.05) is 53.4 Å². The quantitative estimate of drug-likeness (QED) is 0.728. The summed E-state index contributed by atoms with van der Waals surface area (Å²) in [4.78, 5) is 21.4. The fourth-order valence-corrected chi connectivity index (χ4v) is 3.48. The Morgan fingerprint density at radius 1 is 1.24 bits per heavy atom. The van der Waals surface area contributed by atoms with Crippen molar-refractivity contribution < 1.29 is 4.79 Å². The van der Waals surface area contributed by atoms with Crippen molar-refractivity contribution in [3.05, 3.63) is 59.6 Å². The van der Waals surface area contributed by atoms with Gasteiger partial charge in [0.25, 0.3) is 0 Å². The van der Waals surface area contributed by atoms with E-state index in [4.69, 9.17) is 0 Å². The maximum absolute atomic E-state index is 12.5.